The van der Waals surface area contributed by atoms with Crippen LogP contribution in [0.15, 0.2) is 66.9 Å². The number of hydrogen-bond acceptors (Lipinski definition) is 6. The summed E-state index contributed by atoms with van der Waals surface area (Å²) in [6.07, 6.45) is 3.12. The minimum Gasteiger partial charge on any atom is -0.493 e. The van der Waals surface area contributed by atoms with Crippen LogP contribution in [0.4, 0.5) is 5.82 Å². The predicted molar refractivity (Wildman–Crippen MR) is 148 cm³/mol. The van der Waals surface area contributed by atoms with Gasteiger partial charge in [0.1, 0.15) is 5.82 Å². The Labute approximate surface area is 224 Å². The van der Waals surface area contributed by atoms with Gasteiger partial charge in [-0.2, -0.15) is 0 Å². The lowest BCUT2D eigenvalue weighted by Gasteiger charge is -2.37. The van der Waals surface area contributed by atoms with E-state index in [0.717, 1.165) is 17.5 Å². The first-order valence-corrected chi connectivity index (χ1v) is 13.1. The molecule has 0 saturated carbocycles. The lowest BCUT2D eigenvalue weighted by molar-refractivity contribution is -0.133. The van der Waals surface area contributed by atoms with Gasteiger partial charge in [-0.05, 0) is 48.2 Å². The third kappa shape index (κ3) is 6.25. The van der Waals surface area contributed by atoms with Crippen LogP contribution in [0.25, 0.3) is 0 Å². The number of benzene rings is 2. The van der Waals surface area contributed by atoms with E-state index in [0.29, 0.717) is 62.0 Å². The van der Waals surface area contributed by atoms with E-state index >= 15 is 0 Å². The molecule has 1 fully saturated rings. The SMILES string of the molecule is CC[C@H](C(=O)N1CCN(c2ncccc2C(=O)NCCc2ccc(OC)c(OC)c2)CC1)c1ccccc1. The Morgan fingerprint density at radius 3 is 2.37 bits per heavy atom. The second-order valence-corrected chi connectivity index (χ2v) is 9.25. The third-order valence-electron chi connectivity index (χ3n) is 6.98. The van der Waals surface area contributed by atoms with Gasteiger partial charge in [-0.1, -0.05) is 43.3 Å². The number of methoxy groups -OCH3 is 2. The van der Waals surface area contributed by atoms with Crippen LogP contribution in [-0.2, 0) is 11.2 Å². The van der Waals surface area contributed by atoms with Crippen molar-refractivity contribution in [3.05, 3.63) is 83.6 Å². The molecule has 1 atom stereocenters. The van der Waals surface area contributed by atoms with Gasteiger partial charge in [-0.15, -0.1) is 0 Å². The number of aromatic nitrogens is 1. The van der Waals surface area contributed by atoms with Gasteiger partial charge in [0.2, 0.25) is 5.91 Å². The zero-order valence-electron chi connectivity index (χ0n) is 22.4. The van der Waals surface area contributed by atoms with Crippen LogP contribution in [0, 0.1) is 0 Å². The highest BCUT2D eigenvalue weighted by Crippen LogP contribution is 2.28. The standard InChI is InChI=1S/C30H36N4O4/c1-4-24(23-9-6-5-7-10-23)30(36)34-19-17-33(18-20-34)28-25(11-8-15-31-28)29(35)32-16-14-22-12-13-26(37-2)27(21-22)38-3/h5-13,15,21,24H,4,14,16-20H2,1-3H3,(H,32,35)/t24-/m0/s1. The van der Waals surface area contributed by atoms with Crippen molar-refractivity contribution < 1.29 is 19.1 Å². The van der Waals surface area contributed by atoms with Crippen LogP contribution in [0.3, 0.4) is 0 Å². The maximum Gasteiger partial charge on any atom is 0.255 e. The molecule has 0 aliphatic carbocycles. The number of rotatable bonds is 10. The van der Waals surface area contributed by atoms with Crippen LogP contribution >= 0.6 is 0 Å². The summed E-state index contributed by atoms with van der Waals surface area (Å²) >= 11 is 0. The maximum absolute atomic E-state index is 13.3. The maximum atomic E-state index is 13.3. The molecule has 38 heavy (non-hydrogen) atoms. The molecule has 1 aliphatic heterocycles. The molecule has 0 bridgehead atoms. The fourth-order valence-corrected chi connectivity index (χ4v) is 4.88. The number of piperazine rings is 1. The van der Waals surface area contributed by atoms with E-state index in [1.54, 1.807) is 32.5 Å². The Balaban J connectivity index is 1.35. The van der Waals surface area contributed by atoms with Crippen molar-refractivity contribution in [1.29, 1.82) is 0 Å². The quantitative estimate of drug-likeness (QED) is 0.440. The summed E-state index contributed by atoms with van der Waals surface area (Å²) in [5.41, 5.74) is 2.63. The Hall–Kier alpha value is -4.07. The van der Waals surface area contributed by atoms with Crippen LogP contribution < -0.4 is 19.7 Å². The minimum absolute atomic E-state index is 0.135. The Morgan fingerprint density at radius 2 is 1.68 bits per heavy atom. The van der Waals surface area contributed by atoms with Gasteiger partial charge in [-0.25, -0.2) is 4.98 Å². The van der Waals surface area contributed by atoms with Gasteiger partial charge in [0.05, 0.1) is 25.7 Å². The van der Waals surface area contributed by atoms with Gasteiger partial charge < -0.3 is 24.6 Å². The van der Waals surface area contributed by atoms with Crippen molar-refractivity contribution in [2.24, 2.45) is 0 Å². The fourth-order valence-electron chi connectivity index (χ4n) is 4.88. The molecular formula is C30H36N4O4. The first-order chi connectivity index (χ1) is 18.5. The number of nitrogens with zero attached hydrogens (tertiary/aromatic N) is 3. The van der Waals surface area contributed by atoms with E-state index in [-0.39, 0.29) is 17.7 Å². The van der Waals surface area contributed by atoms with Crippen LogP contribution in [-0.4, -0.2) is 68.6 Å². The summed E-state index contributed by atoms with van der Waals surface area (Å²) in [6, 6.07) is 19.3. The molecule has 4 rings (SSSR count). The summed E-state index contributed by atoms with van der Waals surface area (Å²) in [5, 5.41) is 3.02. The summed E-state index contributed by atoms with van der Waals surface area (Å²) < 4.78 is 10.7. The van der Waals surface area contributed by atoms with Crippen molar-refractivity contribution in [2.75, 3.05) is 51.8 Å². The Bertz CT molecular complexity index is 1230. The second kappa shape index (κ2) is 12.9. The largest absolute Gasteiger partial charge is 0.493 e. The van der Waals surface area contributed by atoms with E-state index in [1.807, 2.05) is 53.4 Å². The van der Waals surface area contributed by atoms with E-state index in [1.165, 1.54) is 0 Å². The number of carbonyl (C=O) groups is 2. The van der Waals surface area contributed by atoms with E-state index in [2.05, 4.69) is 22.1 Å². The lowest BCUT2D eigenvalue weighted by Crippen LogP contribution is -2.50. The molecule has 0 spiro atoms. The summed E-state index contributed by atoms with van der Waals surface area (Å²) in [7, 11) is 3.21. The second-order valence-electron chi connectivity index (χ2n) is 9.25. The summed E-state index contributed by atoms with van der Waals surface area (Å²) in [6.45, 7) is 4.97. The van der Waals surface area contributed by atoms with Gasteiger partial charge in [0.25, 0.3) is 5.91 Å². The van der Waals surface area contributed by atoms with Gasteiger partial charge in [0.15, 0.2) is 11.5 Å². The molecule has 8 nitrogen and oxygen atoms in total. The Morgan fingerprint density at radius 1 is 0.947 bits per heavy atom. The molecule has 1 saturated heterocycles. The zero-order chi connectivity index (χ0) is 26.9. The van der Waals surface area contributed by atoms with Gasteiger partial charge >= 0.3 is 0 Å². The van der Waals surface area contributed by atoms with E-state index in [4.69, 9.17) is 9.47 Å². The lowest BCUT2D eigenvalue weighted by atomic mass is 9.95. The normalized spacial score (nSPS) is 14.1. The molecule has 1 aliphatic rings. The van der Waals surface area contributed by atoms with Crippen molar-refractivity contribution >= 4 is 17.6 Å². The topological polar surface area (TPSA) is 84.0 Å². The number of pyridine rings is 1. The molecule has 8 heteroatoms. The molecule has 2 aromatic carbocycles. The molecule has 3 aromatic rings. The monoisotopic (exact) mass is 516 g/mol. The molecule has 0 radical (unpaired) electrons. The molecule has 2 heterocycles. The highest BCUT2D eigenvalue weighted by atomic mass is 16.5. The zero-order valence-corrected chi connectivity index (χ0v) is 22.4. The van der Waals surface area contributed by atoms with Crippen LogP contribution in [0.2, 0.25) is 0 Å². The van der Waals surface area contributed by atoms with Gasteiger partial charge in [-0.3, -0.25) is 9.59 Å². The third-order valence-corrected chi connectivity index (χ3v) is 6.98. The number of ether oxygens (including phenoxy) is 2. The minimum atomic E-state index is -0.165. The van der Waals surface area contributed by atoms with Crippen molar-refractivity contribution in [1.82, 2.24) is 15.2 Å². The van der Waals surface area contributed by atoms with Crippen LogP contribution in [0.1, 0.15) is 40.7 Å². The molecule has 200 valence electrons. The number of amides is 2. The molecule has 1 aromatic heterocycles. The van der Waals surface area contributed by atoms with E-state index < -0.39 is 0 Å². The molecule has 0 unspecified atom stereocenters. The molecule has 1 N–H and O–H groups in total. The summed E-state index contributed by atoms with van der Waals surface area (Å²) in [5.74, 6) is 1.85. The highest BCUT2D eigenvalue weighted by molar-refractivity contribution is 5.99. The first-order valence-electron chi connectivity index (χ1n) is 13.1. The predicted octanol–water partition coefficient (Wildman–Crippen LogP) is 3.91. The van der Waals surface area contributed by atoms with Crippen molar-refractivity contribution in [2.45, 2.75) is 25.7 Å². The van der Waals surface area contributed by atoms with Crippen molar-refractivity contribution in [3.63, 3.8) is 0 Å². The molecule has 2 amide bonds. The molecular weight excluding hydrogens is 480 g/mol. The average Bonchev–Trinajstić information content (AvgIpc) is 2.98. The number of hydrogen-bond donors (Lipinski definition) is 1. The number of anilines is 1. The average molecular weight is 517 g/mol. The highest BCUT2D eigenvalue weighted by Gasteiger charge is 2.29. The number of nitrogens with one attached hydrogen (secondary N) is 1. The van der Waals surface area contributed by atoms with Crippen LogP contribution in [0.5, 0.6) is 11.5 Å². The van der Waals surface area contributed by atoms with Gasteiger partial charge in [0, 0.05) is 38.9 Å². The smallest absolute Gasteiger partial charge is 0.255 e. The Kier molecular flexibility index (Phi) is 9.19. The summed E-state index contributed by atoms with van der Waals surface area (Å²) in [4.78, 5) is 34.9. The number of carbonyl (C=O) groups excluding carboxylic acids is 2. The van der Waals surface area contributed by atoms with Crippen molar-refractivity contribution in [3.8, 4) is 11.5 Å². The van der Waals surface area contributed by atoms with E-state index in [9.17, 15) is 9.59 Å². The first kappa shape index (κ1) is 27.0. The fraction of sp³-hybridized carbons (Fsp3) is 0.367.